The number of rotatable bonds is 5. The maximum absolute atomic E-state index is 14.1. The highest BCUT2D eigenvalue weighted by Crippen LogP contribution is 2.41. The highest BCUT2D eigenvalue weighted by Gasteiger charge is 2.55. The minimum atomic E-state index is -1.08. The number of carbonyl (C=O) groups is 3. The molecule has 2 aromatic carbocycles. The highest BCUT2D eigenvalue weighted by molar-refractivity contribution is 6.10. The van der Waals surface area contributed by atoms with Gasteiger partial charge in [0.05, 0.1) is 0 Å². The van der Waals surface area contributed by atoms with E-state index < -0.39 is 11.6 Å². The Bertz CT molecular complexity index is 1050. The molecule has 1 heterocycles. The number of nitrogens with zero attached hydrogens (tertiary/aromatic N) is 2. The van der Waals surface area contributed by atoms with Crippen LogP contribution in [-0.2, 0) is 28.1 Å². The number of hydrogen-bond donors (Lipinski definition) is 1. The summed E-state index contributed by atoms with van der Waals surface area (Å²) < 4.78 is 14.1. The van der Waals surface area contributed by atoms with Gasteiger partial charge in [-0.3, -0.25) is 14.5 Å². The Kier molecular flexibility index (Phi) is 4.34. The van der Waals surface area contributed by atoms with Gasteiger partial charge >= 0.3 is 6.03 Å². The fraction of sp³-hybridized carbons (Fsp3) is 0.348. The average molecular weight is 407 g/mol. The van der Waals surface area contributed by atoms with Crippen LogP contribution in [0.5, 0.6) is 0 Å². The molecule has 1 saturated carbocycles. The maximum Gasteiger partial charge on any atom is 0.325 e. The van der Waals surface area contributed by atoms with E-state index in [1.807, 2.05) is 24.3 Å². The van der Waals surface area contributed by atoms with E-state index >= 15 is 0 Å². The van der Waals surface area contributed by atoms with E-state index in [2.05, 4.69) is 5.32 Å². The summed E-state index contributed by atoms with van der Waals surface area (Å²) in [6.45, 7) is -0.201. The Morgan fingerprint density at radius 3 is 2.63 bits per heavy atom. The van der Waals surface area contributed by atoms with Crippen LogP contribution in [-0.4, -0.2) is 40.2 Å². The fourth-order valence-corrected chi connectivity index (χ4v) is 4.58. The molecule has 4 amide bonds. The Morgan fingerprint density at radius 2 is 1.87 bits per heavy atom. The summed E-state index contributed by atoms with van der Waals surface area (Å²) in [5.41, 5.74) is 1.20. The molecule has 30 heavy (non-hydrogen) atoms. The van der Waals surface area contributed by atoms with Crippen molar-refractivity contribution in [2.75, 3.05) is 6.54 Å². The second kappa shape index (κ2) is 6.93. The van der Waals surface area contributed by atoms with Crippen LogP contribution in [0.15, 0.2) is 48.5 Å². The first-order valence-corrected chi connectivity index (χ1v) is 10.2. The van der Waals surface area contributed by atoms with Crippen molar-refractivity contribution in [1.82, 2.24) is 15.1 Å². The van der Waals surface area contributed by atoms with Gasteiger partial charge < -0.3 is 10.2 Å². The molecular weight excluding hydrogens is 385 g/mol. The van der Waals surface area contributed by atoms with Crippen molar-refractivity contribution in [3.05, 3.63) is 71.0 Å². The Balaban J connectivity index is 1.36. The van der Waals surface area contributed by atoms with Gasteiger partial charge in [-0.05, 0) is 42.9 Å². The lowest BCUT2D eigenvalue weighted by molar-refractivity contribution is -0.139. The lowest BCUT2D eigenvalue weighted by Crippen LogP contribution is -2.45. The van der Waals surface area contributed by atoms with Crippen LogP contribution in [0.1, 0.15) is 36.0 Å². The van der Waals surface area contributed by atoms with Gasteiger partial charge in [0.2, 0.25) is 5.91 Å². The third kappa shape index (κ3) is 2.96. The molecule has 1 N–H and O–H groups in total. The van der Waals surface area contributed by atoms with E-state index in [9.17, 15) is 18.8 Å². The van der Waals surface area contributed by atoms with Gasteiger partial charge in [0, 0.05) is 18.2 Å². The molecule has 1 aliphatic heterocycles. The summed E-state index contributed by atoms with van der Waals surface area (Å²) in [5.74, 6) is -1.09. The number of imide groups is 1. The van der Waals surface area contributed by atoms with Crippen LogP contribution in [0.25, 0.3) is 0 Å². The van der Waals surface area contributed by atoms with Gasteiger partial charge in [-0.15, -0.1) is 0 Å². The summed E-state index contributed by atoms with van der Waals surface area (Å²) in [6.07, 6.45) is 2.88. The van der Waals surface area contributed by atoms with Gasteiger partial charge in [0.1, 0.15) is 17.9 Å². The molecule has 2 aliphatic carbocycles. The predicted octanol–water partition coefficient (Wildman–Crippen LogP) is 2.71. The zero-order valence-electron chi connectivity index (χ0n) is 16.4. The number of urea groups is 1. The van der Waals surface area contributed by atoms with Crippen LogP contribution < -0.4 is 5.32 Å². The quantitative estimate of drug-likeness (QED) is 0.775. The van der Waals surface area contributed by atoms with E-state index in [0.717, 1.165) is 28.9 Å². The van der Waals surface area contributed by atoms with Crippen LogP contribution in [0.4, 0.5) is 9.18 Å². The standard InChI is InChI=1S/C23H22FN3O3/c24-19-8-4-2-6-16(19)13-26(17-9-10-17)20(28)14-27-21(29)23(25-22(27)30)12-11-15-5-1-3-7-18(15)23/h1-8,17H,9-14H2,(H,25,30)/t23-/m0/s1. The van der Waals surface area contributed by atoms with E-state index in [1.165, 1.54) is 6.07 Å². The molecule has 2 fully saturated rings. The van der Waals surface area contributed by atoms with Crippen LogP contribution in [0.3, 0.4) is 0 Å². The SMILES string of the molecule is O=C1N[C@]2(CCc3ccccc32)C(=O)N1CC(=O)N(Cc1ccccc1F)C1CC1. The van der Waals surface area contributed by atoms with Gasteiger partial charge in [-0.1, -0.05) is 42.5 Å². The molecule has 0 unspecified atom stereocenters. The van der Waals surface area contributed by atoms with Crippen molar-refractivity contribution in [2.45, 2.75) is 43.8 Å². The van der Waals surface area contributed by atoms with Crippen molar-refractivity contribution < 1.29 is 18.8 Å². The number of halogens is 1. The number of aryl methyl sites for hydroxylation is 1. The summed E-state index contributed by atoms with van der Waals surface area (Å²) in [7, 11) is 0. The average Bonchev–Trinajstić information content (AvgIpc) is 3.48. The molecule has 154 valence electrons. The topological polar surface area (TPSA) is 69.7 Å². The number of fused-ring (bicyclic) bond motifs is 2. The van der Waals surface area contributed by atoms with Crippen molar-refractivity contribution in [3.8, 4) is 0 Å². The van der Waals surface area contributed by atoms with Gasteiger partial charge in [0.25, 0.3) is 5.91 Å². The minimum Gasteiger partial charge on any atom is -0.334 e. The van der Waals surface area contributed by atoms with E-state index in [4.69, 9.17) is 0 Å². The molecule has 5 rings (SSSR count). The molecule has 1 spiro atoms. The zero-order valence-corrected chi connectivity index (χ0v) is 16.4. The number of carbonyl (C=O) groups excluding carboxylic acids is 3. The molecule has 0 aromatic heterocycles. The maximum atomic E-state index is 14.1. The molecular formula is C23H22FN3O3. The molecule has 0 bridgehead atoms. The van der Waals surface area contributed by atoms with Crippen molar-refractivity contribution in [1.29, 1.82) is 0 Å². The second-order valence-corrected chi connectivity index (χ2v) is 8.23. The molecule has 7 heteroatoms. The molecule has 1 atom stereocenters. The first-order valence-electron chi connectivity index (χ1n) is 10.2. The van der Waals surface area contributed by atoms with E-state index in [1.54, 1.807) is 23.1 Å². The van der Waals surface area contributed by atoms with Gasteiger partial charge in [-0.25, -0.2) is 9.18 Å². The fourth-order valence-electron chi connectivity index (χ4n) is 4.58. The van der Waals surface area contributed by atoms with E-state index in [-0.39, 0.29) is 36.8 Å². The highest BCUT2D eigenvalue weighted by atomic mass is 19.1. The van der Waals surface area contributed by atoms with Crippen LogP contribution >= 0.6 is 0 Å². The van der Waals surface area contributed by atoms with E-state index in [0.29, 0.717) is 18.4 Å². The number of nitrogens with one attached hydrogen (secondary N) is 1. The second-order valence-electron chi connectivity index (χ2n) is 8.23. The normalized spacial score (nSPS) is 22.4. The predicted molar refractivity (Wildman–Crippen MR) is 107 cm³/mol. The molecule has 2 aromatic rings. The third-order valence-corrected chi connectivity index (χ3v) is 6.32. The first-order chi connectivity index (χ1) is 14.5. The minimum absolute atomic E-state index is 0.0269. The van der Waals surface area contributed by atoms with Gasteiger partial charge in [0.15, 0.2) is 0 Å². The molecule has 0 radical (unpaired) electrons. The lowest BCUT2D eigenvalue weighted by Gasteiger charge is -2.26. The van der Waals surface area contributed by atoms with Crippen molar-refractivity contribution in [3.63, 3.8) is 0 Å². The molecule has 3 aliphatic rings. The van der Waals surface area contributed by atoms with Crippen molar-refractivity contribution in [2.24, 2.45) is 0 Å². The summed E-state index contributed by atoms with van der Waals surface area (Å²) >= 11 is 0. The molecule has 1 saturated heterocycles. The smallest absolute Gasteiger partial charge is 0.325 e. The Labute approximate surface area is 173 Å². The van der Waals surface area contributed by atoms with Crippen LogP contribution in [0.2, 0.25) is 0 Å². The Morgan fingerprint density at radius 1 is 1.13 bits per heavy atom. The number of benzene rings is 2. The van der Waals surface area contributed by atoms with Crippen molar-refractivity contribution >= 4 is 17.8 Å². The lowest BCUT2D eigenvalue weighted by atomic mass is 9.92. The summed E-state index contributed by atoms with van der Waals surface area (Å²) in [6, 6.07) is 13.4. The molecule has 6 nitrogen and oxygen atoms in total. The third-order valence-electron chi connectivity index (χ3n) is 6.32. The first kappa shape index (κ1) is 18.8. The van der Waals surface area contributed by atoms with Crippen LogP contribution in [0, 0.1) is 5.82 Å². The monoisotopic (exact) mass is 407 g/mol. The Hall–Kier alpha value is -3.22. The number of amides is 4. The van der Waals surface area contributed by atoms with Gasteiger partial charge in [-0.2, -0.15) is 0 Å². The number of hydrogen-bond acceptors (Lipinski definition) is 3. The summed E-state index contributed by atoms with van der Waals surface area (Å²) in [5, 5.41) is 2.84. The largest absolute Gasteiger partial charge is 0.334 e. The zero-order chi connectivity index (χ0) is 20.9. The summed E-state index contributed by atoms with van der Waals surface area (Å²) in [4.78, 5) is 41.6.